The van der Waals surface area contributed by atoms with Gasteiger partial charge in [-0.2, -0.15) is 0 Å². The minimum atomic E-state index is -3.63. The topological polar surface area (TPSA) is 111 Å². The molecule has 0 radical (unpaired) electrons. The van der Waals surface area contributed by atoms with Crippen molar-refractivity contribution in [2.45, 2.75) is 11.4 Å². The van der Waals surface area contributed by atoms with E-state index in [0.29, 0.717) is 5.75 Å². The number of aromatic nitrogens is 1. The van der Waals surface area contributed by atoms with E-state index in [0.717, 1.165) is 5.56 Å². The van der Waals surface area contributed by atoms with Crippen molar-refractivity contribution in [3.8, 4) is 5.75 Å². The Kier molecular flexibility index (Phi) is 5.08. The molecule has 1 amide bonds. The zero-order valence-corrected chi connectivity index (χ0v) is 12.4. The Morgan fingerprint density at radius 3 is 2.55 bits per heavy atom. The van der Waals surface area contributed by atoms with Crippen molar-refractivity contribution in [1.29, 1.82) is 0 Å². The molecule has 3 N–H and O–H groups in total. The summed E-state index contributed by atoms with van der Waals surface area (Å²) in [5.41, 5.74) is 5.72. The lowest BCUT2D eigenvalue weighted by Gasteiger charge is -2.08. The Morgan fingerprint density at radius 2 is 1.95 bits per heavy atom. The van der Waals surface area contributed by atoms with Gasteiger partial charge in [0.2, 0.25) is 10.0 Å². The van der Waals surface area contributed by atoms with Crippen LogP contribution >= 0.6 is 0 Å². The zero-order chi connectivity index (χ0) is 16.0. The smallest absolute Gasteiger partial charge is 0.255 e. The van der Waals surface area contributed by atoms with Crippen LogP contribution in [0.4, 0.5) is 0 Å². The third-order valence-electron chi connectivity index (χ3n) is 2.70. The number of nitrogens with one attached hydrogen (secondary N) is 1. The molecule has 116 valence electrons. The van der Waals surface area contributed by atoms with Crippen molar-refractivity contribution in [3.05, 3.63) is 54.4 Å². The maximum absolute atomic E-state index is 12.1. The number of carbonyl (C=O) groups excluding carboxylic acids is 1. The molecule has 0 spiro atoms. The van der Waals surface area contributed by atoms with Crippen molar-refractivity contribution < 1.29 is 17.9 Å². The maximum Gasteiger partial charge on any atom is 0.255 e. The van der Waals surface area contributed by atoms with Crippen LogP contribution in [0.25, 0.3) is 0 Å². The number of hydrogen-bond donors (Lipinski definition) is 2. The lowest BCUT2D eigenvalue weighted by molar-refractivity contribution is -0.119. The van der Waals surface area contributed by atoms with Crippen LogP contribution in [0.15, 0.2) is 53.7 Å². The third-order valence-corrected chi connectivity index (χ3v) is 4.12. The molecule has 22 heavy (non-hydrogen) atoms. The fourth-order valence-corrected chi connectivity index (χ4v) is 2.65. The maximum atomic E-state index is 12.1. The van der Waals surface area contributed by atoms with E-state index in [2.05, 4.69) is 9.71 Å². The Morgan fingerprint density at radius 1 is 1.23 bits per heavy atom. The van der Waals surface area contributed by atoms with Crippen LogP contribution < -0.4 is 15.2 Å². The molecule has 0 bridgehead atoms. The van der Waals surface area contributed by atoms with Crippen molar-refractivity contribution >= 4 is 15.9 Å². The molecule has 0 aliphatic heterocycles. The van der Waals surface area contributed by atoms with Gasteiger partial charge < -0.3 is 10.5 Å². The number of sulfonamides is 1. The van der Waals surface area contributed by atoms with E-state index in [-0.39, 0.29) is 18.0 Å². The van der Waals surface area contributed by atoms with Crippen LogP contribution in [0.1, 0.15) is 5.56 Å². The highest BCUT2D eigenvalue weighted by molar-refractivity contribution is 7.89. The molecule has 0 saturated carbocycles. The molecule has 1 aromatic carbocycles. The first-order valence-electron chi connectivity index (χ1n) is 6.37. The van der Waals surface area contributed by atoms with Crippen LogP contribution in [0, 0.1) is 0 Å². The van der Waals surface area contributed by atoms with Crippen molar-refractivity contribution in [2.75, 3.05) is 6.61 Å². The summed E-state index contributed by atoms with van der Waals surface area (Å²) < 4.78 is 31.8. The molecule has 8 heteroatoms. The molecule has 0 fully saturated rings. The van der Waals surface area contributed by atoms with Gasteiger partial charge in [0.05, 0.1) is 4.90 Å². The molecule has 1 aromatic heterocycles. The van der Waals surface area contributed by atoms with Crippen molar-refractivity contribution in [1.82, 2.24) is 9.71 Å². The molecule has 0 atom stereocenters. The quantitative estimate of drug-likeness (QED) is 0.768. The fourth-order valence-electron chi connectivity index (χ4n) is 1.63. The van der Waals surface area contributed by atoms with Crippen LogP contribution in [-0.4, -0.2) is 25.9 Å². The highest BCUT2D eigenvalue weighted by Gasteiger charge is 2.13. The largest absolute Gasteiger partial charge is 0.484 e. The first-order valence-corrected chi connectivity index (χ1v) is 7.85. The molecule has 2 rings (SSSR count). The monoisotopic (exact) mass is 321 g/mol. The minimum Gasteiger partial charge on any atom is -0.484 e. The number of ether oxygens (including phenoxy) is 1. The Labute approximate surface area is 128 Å². The highest BCUT2D eigenvalue weighted by Crippen LogP contribution is 2.16. The van der Waals surface area contributed by atoms with Gasteiger partial charge in [-0.3, -0.25) is 9.78 Å². The van der Waals surface area contributed by atoms with Gasteiger partial charge in [-0.25, -0.2) is 13.1 Å². The van der Waals surface area contributed by atoms with Crippen LogP contribution in [0.2, 0.25) is 0 Å². The number of hydrogen-bond acceptors (Lipinski definition) is 5. The van der Waals surface area contributed by atoms with Crippen molar-refractivity contribution in [3.63, 3.8) is 0 Å². The van der Waals surface area contributed by atoms with E-state index in [1.165, 1.54) is 24.3 Å². The minimum absolute atomic E-state index is 0.0998. The number of nitrogens with two attached hydrogens (primary N) is 1. The van der Waals surface area contributed by atoms with E-state index in [1.54, 1.807) is 24.5 Å². The third kappa shape index (κ3) is 4.54. The lowest BCUT2D eigenvalue weighted by Crippen LogP contribution is -2.23. The number of carbonyl (C=O) groups is 1. The van der Waals surface area contributed by atoms with Gasteiger partial charge in [0.1, 0.15) is 5.75 Å². The number of nitrogens with zero attached hydrogens (tertiary/aromatic N) is 1. The van der Waals surface area contributed by atoms with Gasteiger partial charge in [0.25, 0.3) is 5.91 Å². The van der Waals surface area contributed by atoms with Gasteiger partial charge in [-0.05, 0) is 35.9 Å². The fraction of sp³-hybridized carbons (Fsp3) is 0.143. The number of benzene rings is 1. The summed E-state index contributed by atoms with van der Waals surface area (Å²) in [6.07, 6.45) is 3.20. The van der Waals surface area contributed by atoms with E-state index < -0.39 is 15.9 Å². The van der Waals surface area contributed by atoms with Crippen molar-refractivity contribution in [2.24, 2.45) is 5.73 Å². The molecule has 2 aromatic rings. The van der Waals surface area contributed by atoms with Gasteiger partial charge in [-0.15, -0.1) is 0 Å². The average Bonchev–Trinajstić information content (AvgIpc) is 2.52. The Balaban J connectivity index is 2.01. The van der Waals surface area contributed by atoms with Gasteiger partial charge in [-0.1, -0.05) is 6.07 Å². The standard InChI is InChI=1S/C14H15N3O4S/c15-14(18)10-21-12-3-5-13(6-4-12)22(19,20)17-9-11-2-1-7-16-8-11/h1-8,17H,9-10H2,(H2,15,18). The summed E-state index contributed by atoms with van der Waals surface area (Å²) in [7, 11) is -3.63. The first kappa shape index (κ1) is 15.9. The van der Waals surface area contributed by atoms with Gasteiger partial charge >= 0.3 is 0 Å². The Hall–Kier alpha value is -2.45. The second kappa shape index (κ2) is 7.01. The second-order valence-corrected chi connectivity index (χ2v) is 6.18. The van der Waals surface area contributed by atoms with E-state index >= 15 is 0 Å². The second-order valence-electron chi connectivity index (χ2n) is 4.41. The summed E-state index contributed by atoms with van der Waals surface area (Å²) in [4.78, 5) is 14.6. The number of pyridine rings is 1. The summed E-state index contributed by atoms with van der Waals surface area (Å²) in [5.74, 6) is -0.236. The normalized spacial score (nSPS) is 11.1. The van der Waals surface area contributed by atoms with Gasteiger partial charge in [0.15, 0.2) is 6.61 Å². The average molecular weight is 321 g/mol. The molecule has 1 heterocycles. The van der Waals surface area contributed by atoms with E-state index in [4.69, 9.17) is 10.5 Å². The molecule has 0 saturated heterocycles. The van der Waals surface area contributed by atoms with Crippen LogP contribution in [0.3, 0.4) is 0 Å². The molecular formula is C14H15N3O4S. The molecule has 0 unspecified atom stereocenters. The summed E-state index contributed by atoms with van der Waals surface area (Å²) in [6.45, 7) is -0.110. The first-order chi connectivity index (χ1) is 10.5. The van der Waals surface area contributed by atoms with Crippen LogP contribution in [-0.2, 0) is 21.4 Å². The molecule has 0 aliphatic rings. The molecule has 7 nitrogen and oxygen atoms in total. The SMILES string of the molecule is NC(=O)COc1ccc(S(=O)(=O)NCc2cccnc2)cc1. The summed E-state index contributed by atoms with van der Waals surface area (Å²) in [5, 5.41) is 0. The summed E-state index contributed by atoms with van der Waals surface area (Å²) >= 11 is 0. The molecular weight excluding hydrogens is 306 g/mol. The number of primary amides is 1. The van der Waals surface area contributed by atoms with Crippen LogP contribution in [0.5, 0.6) is 5.75 Å². The number of amides is 1. The number of rotatable bonds is 7. The lowest BCUT2D eigenvalue weighted by atomic mass is 10.3. The van der Waals surface area contributed by atoms with E-state index in [1.807, 2.05) is 0 Å². The zero-order valence-electron chi connectivity index (χ0n) is 11.6. The van der Waals surface area contributed by atoms with E-state index in [9.17, 15) is 13.2 Å². The predicted octanol–water partition coefficient (Wildman–Crippen LogP) is 0.424. The molecule has 0 aliphatic carbocycles. The Bertz CT molecular complexity index is 730. The highest BCUT2D eigenvalue weighted by atomic mass is 32.2. The van der Waals surface area contributed by atoms with Gasteiger partial charge in [0, 0.05) is 18.9 Å². The summed E-state index contributed by atoms with van der Waals surface area (Å²) in [6, 6.07) is 9.21. The predicted molar refractivity (Wildman–Crippen MR) is 79.4 cm³/mol.